The van der Waals surface area contributed by atoms with Crippen LogP contribution in [0.4, 0.5) is 11.4 Å². The molecule has 128 valence electrons. The summed E-state index contributed by atoms with van der Waals surface area (Å²) in [5, 5.41) is 40.2. The van der Waals surface area contributed by atoms with Crippen LogP contribution in [0.1, 0.15) is 5.56 Å². The zero-order valence-corrected chi connectivity index (χ0v) is 13.8. The molecule has 0 radical (unpaired) electrons. The van der Waals surface area contributed by atoms with Gasteiger partial charge in [-0.1, -0.05) is 5.04 Å². The Bertz CT molecular complexity index is 931. The highest BCUT2D eigenvalue weighted by molar-refractivity contribution is 7.94. The summed E-state index contributed by atoms with van der Waals surface area (Å²) in [5.74, 6) is -0.193. The number of nitrogens with zero attached hydrogens (tertiary/aromatic N) is 3. The number of fused-ring (bicyclic) bond motifs is 1. The minimum atomic E-state index is -0.264. The number of aromatic hydroxyl groups is 2. The normalized spacial score (nSPS) is 11.4. The van der Waals surface area contributed by atoms with Gasteiger partial charge in [-0.2, -0.15) is 5.11 Å². The first-order valence-corrected chi connectivity index (χ1v) is 7.81. The summed E-state index contributed by atoms with van der Waals surface area (Å²) < 4.78 is 4.33. The number of rotatable bonds is 5. The first kappa shape index (κ1) is 17.1. The van der Waals surface area contributed by atoms with Crippen LogP contribution in [0.15, 0.2) is 57.6 Å². The van der Waals surface area contributed by atoms with Gasteiger partial charge in [0.2, 0.25) is 5.88 Å². The van der Waals surface area contributed by atoms with Crippen LogP contribution in [-0.2, 0) is 9.37 Å². The van der Waals surface area contributed by atoms with Gasteiger partial charge in [0.25, 0.3) is 0 Å². The first-order valence-electron chi connectivity index (χ1n) is 7.07. The van der Waals surface area contributed by atoms with Crippen molar-refractivity contribution in [2.45, 2.75) is 11.8 Å². The van der Waals surface area contributed by atoms with Crippen molar-refractivity contribution in [1.82, 2.24) is 4.98 Å². The molecule has 0 aliphatic rings. The fourth-order valence-corrected chi connectivity index (χ4v) is 2.60. The van der Waals surface area contributed by atoms with Gasteiger partial charge in [0.15, 0.2) is 5.69 Å². The van der Waals surface area contributed by atoms with Gasteiger partial charge < -0.3 is 10.2 Å². The zero-order chi connectivity index (χ0) is 17.8. The summed E-state index contributed by atoms with van der Waals surface area (Å²) in [6.45, 7) is 1.79. The Balaban J connectivity index is 1.89. The highest BCUT2D eigenvalue weighted by Crippen LogP contribution is 2.36. The number of aromatic nitrogens is 1. The fraction of sp³-hybridized carbons (Fsp3) is 0.0625. The van der Waals surface area contributed by atoms with Gasteiger partial charge in [-0.25, -0.2) is 10.2 Å². The molecule has 25 heavy (non-hydrogen) atoms. The van der Waals surface area contributed by atoms with Crippen LogP contribution in [0.3, 0.4) is 0 Å². The van der Waals surface area contributed by atoms with Crippen LogP contribution >= 0.6 is 12.0 Å². The number of aryl methyl sites for hydroxylation is 1. The Morgan fingerprint density at radius 1 is 1.04 bits per heavy atom. The molecular weight excluding hydrogens is 346 g/mol. The van der Waals surface area contributed by atoms with E-state index in [0.717, 1.165) is 17.4 Å². The van der Waals surface area contributed by atoms with E-state index < -0.39 is 0 Å². The number of hydrogen-bond donors (Lipinski definition) is 3. The van der Waals surface area contributed by atoms with E-state index in [1.54, 1.807) is 43.3 Å². The van der Waals surface area contributed by atoms with Crippen molar-refractivity contribution in [3.8, 4) is 11.6 Å². The van der Waals surface area contributed by atoms with E-state index in [1.165, 1.54) is 6.07 Å². The van der Waals surface area contributed by atoms with Gasteiger partial charge in [0, 0.05) is 16.3 Å². The quantitative estimate of drug-likeness (QED) is 0.259. The molecule has 9 heteroatoms. The Morgan fingerprint density at radius 2 is 1.80 bits per heavy atom. The predicted molar refractivity (Wildman–Crippen MR) is 91.1 cm³/mol. The minimum Gasteiger partial charge on any atom is -0.508 e. The van der Waals surface area contributed by atoms with E-state index >= 15 is 0 Å². The Hall–Kier alpha value is -2.72. The van der Waals surface area contributed by atoms with Gasteiger partial charge in [-0.3, -0.25) is 0 Å². The lowest BCUT2D eigenvalue weighted by atomic mass is 10.1. The number of pyridine rings is 1. The SMILES string of the molecule is Cc1c(/N=N/c2ccc(SOOO)cc2)c(O)nc2cc(O)ccc12. The third-order valence-electron chi connectivity index (χ3n) is 3.44. The van der Waals surface area contributed by atoms with E-state index in [-0.39, 0.29) is 17.3 Å². The molecule has 1 aromatic heterocycles. The van der Waals surface area contributed by atoms with Crippen LogP contribution in [0, 0.1) is 6.92 Å². The maximum absolute atomic E-state index is 10.1. The molecule has 2 aromatic carbocycles. The lowest BCUT2D eigenvalue weighted by Crippen LogP contribution is -1.85. The maximum Gasteiger partial charge on any atom is 0.240 e. The molecular formula is C16H13N3O5S. The number of benzene rings is 2. The molecule has 0 aliphatic carbocycles. The van der Waals surface area contributed by atoms with Crippen LogP contribution in [0.5, 0.6) is 11.6 Å². The Morgan fingerprint density at radius 3 is 2.52 bits per heavy atom. The van der Waals surface area contributed by atoms with Crippen molar-refractivity contribution in [3.05, 3.63) is 48.0 Å². The van der Waals surface area contributed by atoms with Gasteiger partial charge in [-0.05, 0) is 48.9 Å². The first-order chi connectivity index (χ1) is 12.1. The summed E-state index contributed by atoms with van der Waals surface area (Å²) in [6, 6.07) is 11.5. The molecule has 0 saturated heterocycles. The summed E-state index contributed by atoms with van der Waals surface area (Å²) in [4.78, 5) is 4.74. The second-order valence-corrected chi connectivity index (χ2v) is 5.80. The molecule has 0 aliphatic heterocycles. The van der Waals surface area contributed by atoms with Crippen molar-refractivity contribution in [2.24, 2.45) is 10.2 Å². The summed E-state index contributed by atoms with van der Waals surface area (Å²) in [5.41, 5.74) is 1.99. The third kappa shape index (κ3) is 3.86. The van der Waals surface area contributed by atoms with Gasteiger partial charge in [0.1, 0.15) is 5.75 Å². The number of phenolic OH excluding ortho intramolecular Hbond substituents is 1. The molecule has 0 fully saturated rings. The molecule has 1 heterocycles. The molecule has 0 spiro atoms. The molecule has 8 nitrogen and oxygen atoms in total. The smallest absolute Gasteiger partial charge is 0.240 e. The van der Waals surface area contributed by atoms with Crippen molar-refractivity contribution < 1.29 is 24.8 Å². The fourth-order valence-electron chi connectivity index (χ4n) is 2.24. The summed E-state index contributed by atoms with van der Waals surface area (Å²) >= 11 is 0.836. The maximum atomic E-state index is 10.1. The molecule has 0 unspecified atom stereocenters. The van der Waals surface area contributed by atoms with Crippen molar-refractivity contribution in [2.75, 3.05) is 0 Å². The largest absolute Gasteiger partial charge is 0.508 e. The van der Waals surface area contributed by atoms with Gasteiger partial charge in [0.05, 0.1) is 23.2 Å². The van der Waals surface area contributed by atoms with E-state index in [9.17, 15) is 10.2 Å². The molecule has 0 saturated carbocycles. The van der Waals surface area contributed by atoms with E-state index in [0.29, 0.717) is 21.7 Å². The average Bonchev–Trinajstić information content (AvgIpc) is 2.60. The molecule has 3 rings (SSSR count). The van der Waals surface area contributed by atoms with E-state index in [1.807, 2.05) is 0 Å². The van der Waals surface area contributed by atoms with Gasteiger partial charge >= 0.3 is 0 Å². The number of phenols is 1. The molecule has 0 amide bonds. The molecule has 3 aromatic rings. The van der Waals surface area contributed by atoms with Crippen LogP contribution in [0.25, 0.3) is 10.9 Å². The van der Waals surface area contributed by atoms with Crippen molar-refractivity contribution in [1.29, 1.82) is 0 Å². The van der Waals surface area contributed by atoms with Crippen LogP contribution < -0.4 is 0 Å². The van der Waals surface area contributed by atoms with E-state index in [2.05, 4.69) is 24.6 Å². The Labute approximate surface area is 146 Å². The molecule has 0 bridgehead atoms. The monoisotopic (exact) mass is 359 g/mol. The highest BCUT2D eigenvalue weighted by Gasteiger charge is 2.11. The number of hydrogen-bond acceptors (Lipinski definition) is 9. The summed E-state index contributed by atoms with van der Waals surface area (Å²) in [7, 11) is 0. The second-order valence-electron chi connectivity index (χ2n) is 5.03. The summed E-state index contributed by atoms with van der Waals surface area (Å²) in [6.07, 6.45) is 0. The molecule has 3 N–H and O–H groups in total. The average molecular weight is 359 g/mol. The zero-order valence-electron chi connectivity index (χ0n) is 12.9. The standard InChI is InChI=1S/C16H13N3O5S/c1-9-13-7-4-11(20)8-14(13)17-16(21)15(9)19-18-10-2-5-12(6-3-10)25-24-23-22/h2-8,20,22H,1H3,(H,17,21)/b19-18+. The highest BCUT2D eigenvalue weighted by atomic mass is 32.2. The van der Waals surface area contributed by atoms with Crippen LogP contribution in [-0.4, -0.2) is 20.5 Å². The number of azo groups is 1. The van der Waals surface area contributed by atoms with Crippen LogP contribution in [0.2, 0.25) is 0 Å². The van der Waals surface area contributed by atoms with Crippen molar-refractivity contribution >= 4 is 34.3 Å². The lowest BCUT2D eigenvalue weighted by Gasteiger charge is -2.07. The van der Waals surface area contributed by atoms with Crippen molar-refractivity contribution in [3.63, 3.8) is 0 Å². The second kappa shape index (κ2) is 7.45. The third-order valence-corrected chi connectivity index (χ3v) is 4.04. The molecule has 0 atom stereocenters. The van der Waals surface area contributed by atoms with Gasteiger partial charge in [-0.15, -0.1) is 9.45 Å². The topological polar surface area (TPSA) is 117 Å². The minimum absolute atomic E-state index is 0.0710. The Kier molecular flexibility index (Phi) is 5.10. The lowest BCUT2D eigenvalue weighted by molar-refractivity contribution is -0.432. The predicted octanol–water partition coefficient (Wildman–Crippen LogP) is 4.80. The van der Waals surface area contributed by atoms with E-state index in [4.69, 9.17) is 5.26 Å².